The van der Waals surface area contributed by atoms with Crippen molar-refractivity contribution in [3.8, 4) is 0 Å². The summed E-state index contributed by atoms with van der Waals surface area (Å²) in [6.07, 6.45) is 6.23. The molecule has 0 saturated carbocycles. The van der Waals surface area contributed by atoms with Crippen molar-refractivity contribution in [3.05, 3.63) is 12.3 Å². The molecule has 2 atom stereocenters. The second-order valence-corrected chi connectivity index (χ2v) is 4.85. The summed E-state index contributed by atoms with van der Waals surface area (Å²) in [4.78, 5) is 0. The average Bonchev–Trinajstić information content (AvgIpc) is 2.19. The molecule has 0 aromatic heterocycles. The lowest BCUT2D eigenvalue weighted by atomic mass is 9.92. The zero-order valence-electron chi connectivity index (χ0n) is 9.99. The first-order valence-corrected chi connectivity index (χ1v) is 5.76. The Hall–Kier alpha value is -0.540. The third-order valence-electron chi connectivity index (χ3n) is 3.12. The highest BCUT2D eigenvalue weighted by atomic mass is 16.5. The second-order valence-electron chi connectivity index (χ2n) is 4.85. The van der Waals surface area contributed by atoms with Gasteiger partial charge in [0, 0.05) is 13.1 Å². The minimum absolute atomic E-state index is 0.261. The van der Waals surface area contributed by atoms with Gasteiger partial charge in [0.1, 0.15) is 6.10 Å². The van der Waals surface area contributed by atoms with E-state index in [-0.39, 0.29) is 12.0 Å². The number of hydrogen-bond acceptors (Lipinski definition) is 3. The Morgan fingerprint density at radius 3 is 2.87 bits per heavy atom. The maximum absolute atomic E-state index is 10.0. The highest BCUT2D eigenvalue weighted by Gasteiger charge is 2.24. The number of ether oxygens (including phenoxy) is 1. The molecule has 0 fully saturated rings. The lowest BCUT2D eigenvalue weighted by molar-refractivity contribution is 0.0106. The molecule has 0 saturated heterocycles. The molecule has 1 rings (SSSR count). The van der Waals surface area contributed by atoms with Crippen LogP contribution < -0.4 is 5.32 Å². The Morgan fingerprint density at radius 1 is 1.60 bits per heavy atom. The zero-order valence-corrected chi connectivity index (χ0v) is 9.99. The Bertz CT molecular complexity index is 212. The topological polar surface area (TPSA) is 41.5 Å². The van der Waals surface area contributed by atoms with E-state index in [0.717, 1.165) is 19.4 Å². The van der Waals surface area contributed by atoms with Crippen LogP contribution in [0.5, 0.6) is 0 Å². The van der Waals surface area contributed by atoms with Crippen molar-refractivity contribution in [1.82, 2.24) is 5.32 Å². The van der Waals surface area contributed by atoms with Crippen LogP contribution >= 0.6 is 0 Å². The fourth-order valence-corrected chi connectivity index (χ4v) is 1.43. The van der Waals surface area contributed by atoms with Crippen molar-refractivity contribution in [2.75, 3.05) is 13.1 Å². The van der Waals surface area contributed by atoms with Crippen LogP contribution in [0.15, 0.2) is 12.3 Å². The number of allylic oxidation sites excluding steroid dienone is 1. The molecule has 3 heteroatoms. The van der Waals surface area contributed by atoms with Gasteiger partial charge in [-0.2, -0.15) is 0 Å². The molecule has 1 aliphatic heterocycles. The van der Waals surface area contributed by atoms with Gasteiger partial charge in [0.2, 0.25) is 0 Å². The summed E-state index contributed by atoms with van der Waals surface area (Å²) in [5.41, 5.74) is -0.634. The average molecular weight is 213 g/mol. The van der Waals surface area contributed by atoms with Crippen molar-refractivity contribution in [2.45, 2.75) is 45.3 Å². The van der Waals surface area contributed by atoms with E-state index >= 15 is 0 Å². The summed E-state index contributed by atoms with van der Waals surface area (Å²) in [5.74, 6) is 0.261. The molecule has 0 spiro atoms. The number of aliphatic hydroxyl groups is 1. The smallest absolute Gasteiger partial charge is 0.110 e. The number of hydrogen-bond donors (Lipinski definition) is 2. The largest absolute Gasteiger partial charge is 0.497 e. The molecule has 88 valence electrons. The van der Waals surface area contributed by atoms with Gasteiger partial charge < -0.3 is 15.2 Å². The summed E-state index contributed by atoms with van der Waals surface area (Å²) < 4.78 is 5.43. The first-order chi connectivity index (χ1) is 7.02. The van der Waals surface area contributed by atoms with Crippen LogP contribution in [0, 0.1) is 5.92 Å². The van der Waals surface area contributed by atoms with Gasteiger partial charge in [-0.3, -0.25) is 0 Å². The Labute approximate surface area is 92.5 Å². The van der Waals surface area contributed by atoms with Gasteiger partial charge in [-0.1, -0.05) is 13.8 Å². The molecule has 0 unspecified atom stereocenters. The lowest BCUT2D eigenvalue weighted by Gasteiger charge is -2.29. The van der Waals surface area contributed by atoms with E-state index in [1.807, 2.05) is 26.8 Å². The minimum Gasteiger partial charge on any atom is -0.497 e. The van der Waals surface area contributed by atoms with Gasteiger partial charge in [0.05, 0.1) is 11.9 Å². The van der Waals surface area contributed by atoms with Gasteiger partial charge in [-0.15, -0.1) is 0 Å². The van der Waals surface area contributed by atoms with Crippen molar-refractivity contribution in [1.29, 1.82) is 0 Å². The van der Waals surface area contributed by atoms with Crippen LogP contribution in [0.1, 0.15) is 33.6 Å². The molecule has 1 heterocycles. The summed E-state index contributed by atoms with van der Waals surface area (Å²) in [6.45, 7) is 7.36. The first-order valence-electron chi connectivity index (χ1n) is 5.76. The predicted molar refractivity (Wildman–Crippen MR) is 61.6 cm³/mol. The maximum Gasteiger partial charge on any atom is 0.110 e. The Kier molecular flexibility index (Phi) is 4.61. The normalized spacial score (nSPS) is 25.0. The zero-order chi connectivity index (χ0) is 11.3. The van der Waals surface area contributed by atoms with Crippen LogP contribution in [0.3, 0.4) is 0 Å². The van der Waals surface area contributed by atoms with Gasteiger partial charge >= 0.3 is 0 Å². The number of rotatable bonds is 5. The van der Waals surface area contributed by atoms with E-state index in [0.29, 0.717) is 6.54 Å². The quantitative estimate of drug-likeness (QED) is 0.730. The predicted octanol–water partition coefficient (Wildman–Crippen LogP) is 1.68. The number of nitrogens with one attached hydrogen (secondary N) is 1. The second kappa shape index (κ2) is 5.52. The van der Waals surface area contributed by atoms with Crippen molar-refractivity contribution >= 4 is 0 Å². The maximum atomic E-state index is 10.0. The monoisotopic (exact) mass is 213 g/mol. The molecule has 3 nitrogen and oxygen atoms in total. The molecule has 0 aromatic rings. The molecule has 0 aliphatic carbocycles. The molecule has 2 N–H and O–H groups in total. The van der Waals surface area contributed by atoms with Crippen LogP contribution in [-0.4, -0.2) is 29.9 Å². The molecular weight excluding hydrogens is 190 g/mol. The van der Waals surface area contributed by atoms with Gasteiger partial charge in [0.25, 0.3) is 0 Å². The third-order valence-corrected chi connectivity index (χ3v) is 3.12. The molecular formula is C12H23NO2. The standard InChI is InChI=1S/C12H23NO2/c1-10(2)12(3,14)9-13-8-11-6-4-5-7-15-11/h5,7,10-11,13-14H,4,6,8-9H2,1-3H3/t11-,12-/m0/s1. The summed E-state index contributed by atoms with van der Waals surface area (Å²) in [6, 6.07) is 0. The highest BCUT2D eigenvalue weighted by Crippen LogP contribution is 2.15. The van der Waals surface area contributed by atoms with E-state index in [9.17, 15) is 5.11 Å². The molecule has 1 aliphatic rings. The fraction of sp³-hybridized carbons (Fsp3) is 0.833. The van der Waals surface area contributed by atoms with Gasteiger partial charge in [-0.25, -0.2) is 0 Å². The van der Waals surface area contributed by atoms with Crippen molar-refractivity contribution < 1.29 is 9.84 Å². The molecule has 15 heavy (non-hydrogen) atoms. The van der Waals surface area contributed by atoms with E-state index in [1.165, 1.54) is 0 Å². The van der Waals surface area contributed by atoms with Gasteiger partial charge in [0.15, 0.2) is 0 Å². The lowest BCUT2D eigenvalue weighted by Crippen LogP contribution is -2.44. The molecule has 0 amide bonds. The summed E-state index contributed by atoms with van der Waals surface area (Å²) in [7, 11) is 0. The van der Waals surface area contributed by atoms with E-state index in [2.05, 4.69) is 5.32 Å². The minimum atomic E-state index is -0.634. The third kappa shape index (κ3) is 4.22. The SMILES string of the molecule is CC(C)[C@@](C)(O)CNC[C@@H]1CCC=CO1. The van der Waals surface area contributed by atoms with E-state index in [4.69, 9.17) is 4.74 Å². The molecule has 0 aromatic carbocycles. The molecule has 0 radical (unpaired) electrons. The van der Waals surface area contributed by atoms with Crippen molar-refractivity contribution in [3.63, 3.8) is 0 Å². The van der Waals surface area contributed by atoms with E-state index in [1.54, 1.807) is 6.26 Å². The summed E-state index contributed by atoms with van der Waals surface area (Å²) >= 11 is 0. The van der Waals surface area contributed by atoms with Crippen LogP contribution in [0.2, 0.25) is 0 Å². The molecule has 0 bridgehead atoms. The van der Waals surface area contributed by atoms with Crippen LogP contribution in [0.4, 0.5) is 0 Å². The van der Waals surface area contributed by atoms with E-state index < -0.39 is 5.60 Å². The highest BCUT2D eigenvalue weighted by molar-refractivity contribution is 4.84. The van der Waals surface area contributed by atoms with Crippen LogP contribution in [0.25, 0.3) is 0 Å². The van der Waals surface area contributed by atoms with Gasteiger partial charge in [-0.05, 0) is 31.8 Å². The Morgan fingerprint density at radius 2 is 2.33 bits per heavy atom. The van der Waals surface area contributed by atoms with Crippen molar-refractivity contribution in [2.24, 2.45) is 5.92 Å². The first kappa shape index (κ1) is 12.5. The summed E-state index contributed by atoms with van der Waals surface area (Å²) in [5, 5.41) is 13.3. The Balaban J connectivity index is 2.18. The van der Waals surface area contributed by atoms with Crippen LogP contribution in [-0.2, 0) is 4.74 Å². The fourth-order valence-electron chi connectivity index (χ4n) is 1.43.